The molecule has 1 atom stereocenters. The first kappa shape index (κ1) is 20.5. The maximum absolute atomic E-state index is 13.1. The number of carbonyl (C=O) groups is 2. The van der Waals surface area contributed by atoms with Gasteiger partial charge in [0.15, 0.2) is 11.5 Å². The van der Waals surface area contributed by atoms with Crippen LogP contribution in [0.1, 0.15) is 17.2 Å². The van der Waals surface area contributed by atoms with Crippen molar-refractivity contribution in [1.29, 1.82) is 0 Å². The van der Waals surface area contributed by atoms with E-state index in [1.54, 1.807) is 41.3 Å². The van der Waals surface area contributed by atoms with Gasteiger partial charge in [0.1, 0.15) is 5.76 Å². The number of fused-ring (bicyclic) bond motifs is 1. The summed E-state index contributed by atoms with van der Waals surface area (Å²) in [6.07, 6.45) is 0. The first-order valence-corrected chi connectivity index (χ1v) is 10.7. The molecule has 0 aliphatic carbocycles. The molecule has 2 aromatic carbocycles. The second kappa shape index (κ2) is 8.64. The zero-order chi connectivity index (χ0) is 22.1. The van der Waals surface area contributed by atoms with E-state index in [2.05, 4.69) is 4.90 Å². The van der Waals surface area contributed by atoms with Crippen LogP contribution in [0.3, 0.4) is 0 Å². The van der Waals surface area contributed by atoms with E-state index in [0.29, 0.717) is 48.9 Å². The highest BCUT2D eigenvalue weighted by Crippen LogP contribution is 2.42. The van der Waals surface area contributed by atoms with E-state index in [0.717, 1.165) is 13.1 Å². The molecule has 166 valence electrons. The lowest BCUT2D eigenvalue weighted by Crippen LogP contribution is -2.42. The largest absolute Gasteiger partial charge is 0.507 e. The number of likely N-dealkylation sites (tertiary alicyclic amines) is 1. The molecule has 8 heteroatoms. The van der Waals surface area contributed by atoms with Gasteiger partial charge < -0.3 is 24.2 Å². The summed E-state index contributed by atoms with van der Waals surface area (Å²) in [4.78, 5) is 29.9. The standard InChI is InChI=1S/C24H24N2O6/c27-22(16-4-2-1-3-5-16)20-21(17-6-7-18-19(14-17)32-15-31-18)26(24(29)23(20)28)9-8-25-10-12-30-13-11-25/h1-7,14,21,27H,8-13,15H2. The maximum Gasteiger partial charge on any atom is 0.295 e. The Balaban J connectivity index is 1.54. The Morgan fingerprint density at radius 1 is 0.969 bits per heavy atom. The van der Waals surface area contributed by atoms with Gasteiger partial charge in [-0.05, 0) is 17.7 Å². The van der Waals surface area contributed by atoms with Gasteiger partial charge in [0, 0.05) is 31.7 Å². The van der Waals surface area contributed by atoms with Crippen molar-refractivity contribution in [3.63, 3.8) is 0 Å². The highest BCUT2D eigenvalue weighted by atomic mass is 16.7. The van der Waals surface area contributed by atoms with Crippen molar-refractivity contribution in [3.8, 4) is 11.5 Å². The Bertz CT molecular complexity index is 1060. The van der Waals surface area contributed by atoms with Gasteiger partial charge in [-0.2, -0.15) is 0 Å². The number of Topliss-reactive ketones (excluding diaryl/α,β-unsaturated/α-hetero) is 1. The average molecular weight is 436 g/mol. The number of aliphatic hydroxyl groups is 1. The van der Waals surface area contributed by atoms with Crippen LogP contribution in [0.2, 0.25) is 0 Å². The van der Waals surface area contributed by atoms with Gasteiger partial charge in [0.05, 0.1) is 24.8 Å². The number of carbonyl (C=O) groups excluding carboxylic acids is 2. The Kier molecular flexibility index (Phi) is 5.55. The van der Waals surface area contributed by atoms with Crippen molar-refractivity contribution in [2.24, 2.45) is 0 Å². The minimum absolute atomic E-state index is 0.0852. The van der Waals surface area contributed by atoms with E-state index in [9.17, 15) is 14.7 Å². The monoisotopic (exact) mass is 436 g/mol. The molecule has 0 bridgehead atoms. The molecule has 3 aliphatic heterocycles. The summed E-state index contributed by atoms with van der Waals surface area (Å²) in [5.74, 6) is -0.307. The molecule has 0 spiro atoms. The molecule has 0 aromatic heterocycles. The van der Waals surface area contributed by atoms with E-state index in [4.69, 9.17) is 14.2 Å². The minimum Gasteiger partial charge on any atom is -0.507 e. The van der Waals surface area contributed by atoms with Crippen molar-refractivity contribution in [1.82, 2.24) is 9.80 Å². The molecule has 1 unspecified atom stereocenters. The number of amides is 1. The smallest absolute Gasteiger partial charge is 0.295 e. The fraction of sp³-hybridized carbons (Fsp3) is 0.333. The summed E-state index contributed by atoms with van der Waals surface area (Å²) in [5, 5.41) is 11.1. The Morgan fingerprint density at radius 2 is 1.72 bits per heavy atom. The summed E-state index contributed by atoms with van der Waals surface area (Å²) in [6.45, 7) is 3.96. The molecule has 2 fully saturated rings. The SMILES string of the molecule is O=C1C(=O)N(CCN2CCOCC2)C(c2ccc3c(c2)OCO3)C1=C(O)c1ccccc1. The van der Waals surface area contributed by atoms with Gasteiger partial charge in [0.25, 0.3) is 11.7 Å². The molecule has 0 saturated carbocycles. The Morgan fingerprint density at radius 3 is 2.50 bits per heavy atom. The summed E-state index contributed by atoms with van der Waals surface area (Å²) in [5.41, 5.74) is 1.26. The van der Waals surface area contributed by atoms with E-state index >= 15 is 0 Å². The molecule has 0 radical (unpaired) electrons. The first-order valence-electron chi connectivity index (χ1n) is 10.7. The number of hydrogen-bond donors (Lipinski definition) is 1. The number of rotatable bonds is 5. The highest BCUT2D eigenvalue weighted by Gasteiger charge is 2.46. The minimum atomic E-state index is -0.717. The maximum atomic E-state index is 13.1. The van der Waals surface area contributed by atoms with Crippen LogP contribution in [0.4, 0.5) is 0 Å². The van der Waals surface area contributed by atoms with E-state index in [1.165, 1.54) is 0 Å². The van der Waals surface area contributed by atoms with Gasteiger partial charge in [-0.3, -0.25) is 14.5 Å². The predicted molar refractivity (Wildman–Crippen MR) is 115 cm³/mol. The molecule has 1 N–H and O–H groups in total. The first-order chi connectivity index (χ1) is 15.6. The third-order valence-corrected chi connectivity index (χ3v) is 6.06. The summed E-state index contributed by atoms with van der Waals surface area (Å²) < 4.78 is 16.3. The molecule has 1 amide bonds. The number of nitrogens with zero attached hydrogens (tertiary/aromatic N) is 2. The van der Waals surface area contributed by atoms with Crippen LogP contribution >= 0.6 is 0 Å². The topological polar surface area (TPSA) is 88.5 Å². The molecular formula is C24H24N2O6. The van der Waals surface area contributed by atoms with Crippen LogP contribution in [0.25, 0.3) is 5.76 Å². The molecule has 5 rings (SSSR count). The lowest BCUT2D eigenvalue weighted by molar-refractivity contribution is -0.140. The van der Waals surface area contributed by atoms with Crippen LogP contribution in [-0.2, 0) is 14.3 Å². The van der Waals surface area contributed by atoms with Crippen LogP contribution in [0.15, 0.2) is 54.1 Å². The summed E-state index contributed by atoms with van der Waals surface area (Å²) >= 11 is 0. The second-order valence-corrected chi connectivity index (χ2v) is 7.93. The molecular weight excluding hydrogens is 412 g/mol. The van der Waals surface area contributed by atoms with Crippen LogP contribution in [0.5, 0.6) is 11.5 Å². The van der Waals surface area contributed by atoms with Crippen molar-refractivity contribution in [3.05, 3.63) is 65.2 Å². The highest BCUT2D eigenvalue weighted by molar-refractivity contribution is 6.46. The number of hydrogen-bond acceptors (Lipinski definition) is 7. The Hall–Kier alpha value is -3.36. The summed E-state index contributed by atoms with van der Waals surface area (Å²) in [7, 11) is 0. The zero-order valence-corrected chi connectivity index (χ0v) is 17.5. The number of ether oxygens (including phenoxy) is 3. The molecule has 3 heterocycles. The van der Waals surface area contributed by atoms with Gasteiger partial charge in [-0.1, -0.05) is 36.4 Å². The van der Waals surface area contributed by atoms with Gasteiger partial charge in [0.2, 0.25) is 6.79 Å². The normalized spacial score (nSPS) is 22.5. The second-order valence-electron chi connectivity index (χ2n) is 7.93. The van der Waals surface area contributed by atoms with Gasteiger partial charge in [-0.25, -0.2) is 0 Å². The summed E-state index contributed by atoms with van der Waals surface area (Å²) in [6, 6.07) is 13.4. The average Bonchev–Trinajstić information content (AvgIpc) is 3.40. The number of benzene rings is 2. The van der Waals surface area contributed by atoms with Crippen molar-refractivity contribution >= 4 is 17.4 Å². The van der Waals surface area contributed by atoms with Crippen molar-refractivity contribution < 1.29 is 28.9 Å². The zero-order valence-electron chi connectivity index (χ0n) is 17.5. The van der Waals surface area contributed by atoms with E-state index in [1.807, 2.05) is 12.1 Å². The van der Waals surface area contributed by atoms with E-state index < -0.39 is 17.7 Å². The molecule has 2 aromatic rings. The number of aliphatic hydroxyl groups excluding tert-OH is 1. The van der Waals surface area contributed by atoms with Gasteiger partial charge >= 0.3 is 0 Å². The lowest BCUT2D eigenvalue weighted by Gasteiger charge is -2.31. The fourth-order valence-electron chi connectivity index (χ4n) is 4.37. The number of morpholine rings is 1. The Labute approximate surface area is 185 Å². The van der Waals surface area contributed by atoms with Crippen molar-refractivity contribution in [2.75, 3.05) is 46.2 Å². The molecule has 2 saturated heterocycles. The predicted octanol–water partition coefficient (Wildman–Crippen LogP) is 2.17. The third kappa shape index (κ3) is 3.72. The third-order valence-electron chi connectivity index (χ3n) is 6.06. The number of ketones is 1. The fourth-order valence-corrected chi connectivity index (χ4v) is 4.37. The van der Waals surface area contributed by atoms with Gasteiger partial charge in [-0.15, -0.1) is 0 Å². The van der Waals surface area contributed by atoms with Crippen molar-refractivity contribution in [2.45, 2.75) is 6.04 Å². The van der Waals surface area contributed by atoms with Crippen LogP contribution in [0, 0.1) is 0 Å². The lowest BCUT2D eigenvalue weighted by atomic mass is 9.95. The molecule has 3 aliphatic rings. The van der Waals surface area contributed by atoms with E-state index in [-0.39, 0.29) is 18.1 Å². The molecule has 8 nitrogen and oxygen atoms in total. The quantitative estimate of drug-likeness (QED) is 0.437. The van der Waals surface area contributed by atoms with Crippen LogP contribution < -0.4 is 9.47 Å². The molecule has 32 heavy (non-hydrogen) atoms. The van der Waals surface area contributed by atoms with Crippen LogP contribution in [-0.4, -0.2) is 72.8 Å².